The van der Waals surface area contributed by atoms with Crippen LogP contribution in [0.25, 0.3) is 0 Å². The third-order valence-electron chi connectivity index (χ3n) is 2.29. The summed E-state index contributed by atoms with van der Waals surface area (Å²) in [5, 5.41) is 0. The maximum absolute atomic E-state index is 3.24. The second-order valence-corrected chi connectivity index (χ2v) is 4.19. The Morgan fingerprint density at radius 2 is 1.50 bits per heavy atom. The van der Waals surface area contributed by atoms with Crippen molar-refractivity contribution in [3.63, 3.8) is 0 Å². The van der Waals surface area contributed by atoms with Crippen LogP contribution in [-0.2, 0) is 0 Å². The van der Waals surface area contributed by atoms with Crippen LogP contribution in [0.2, 0.25) is 0 Å². The van der Waals surface area contributed by atoms with Crippen molar-refractivity contribution in [1.82, 2.24) is 0 Å². The molecule has 0 atom stereocenters. The minimum absolute atomic E-state index is 1.23. The van der Waals surface area contributed by atoms with E-state index >= 15 is 0 Å². The van der Waals surface area contributed by atoms with Crippen LogP contribution in [0, 0.1) is 0 Å². The van der Waals surface area contributed by atoms with E-state index in [2.05, 4.69) is 35.0 Å². The van der Waals surface area contributed by atoms with E-state index in [1.807, 2.05) is 11.1 Å². The van der Waals surface area contributed by atoms with Gasteiger partial charge in [0.05, 0.1) is 0 Å². The zero-order valence-corrected chi connectivity index (χ0v) is 10.9. The number of unbranched alkanes of at least 4 members (excludes halogenated alkanes) is 7. The van der Waals surface area contributed by atoms with Gasteiger partial charge in [0.1, 0.15) is 0 Å². The molecule has 0 aromatic rings. The lowest BCUT2D eigenvalue weighted by Gasteiger charge is -1.98. The summed E-state index contributed by atoms with van der Waals surface area (Å²) >= 11 is 3.24. The Kier molecular flexibility index (Phi) is 12.9. The molecule has 0 rings (SSSR count). The van der Waals surface area contributed by atoms with Crippen LogP contribution in [0.1, 0.15) is 58.3 Å². The van der Waals surface area contributed by atoms with E-state index in [9.17, 15) is 0 Å². The summed E-state index contributed by atoms with van der Waals surface area (Å²) in [6, 6.07) is 0. The normalized spacial score (nSPS) is 11.9. The Hall–Kier alpha value is -0.0400. The zero-order chi connectivity index (χ0) is 10.5. The number of allylic oxidation sites excluding steroid dienone is 3. The predicted octanol–water partition coefficient (Wildman–Crippen LogP) is 5.59. The van der Waals surface area contributed by atoms with Crippen molar-refractivity contribution < 1.29 is 0 Å². The van der Waals surface area contributed by atoms with E-state index in [-0.39, 0.29) is 0 Å². The Bertz CT molecular complexity index is 147. The van der Waals surface area contributed by atoms with Crippen LogP contribution in [0.5, 0.6) is 0 Å². The third kappa shape index (κ3) is 12.0. The van der Waals surface area contributed by atoms with E-state index in [1.165, 1.54) is 51.4 Å². The molecule has 14 heavy (non-hydrogen) atoms. The highest BCUT2D eigenvalue weighted by molar-refractivity contribution is 9.11. The van der Waals surface area contributed by atoms with Crippen molar-refractivity contribution in [2.24, 2.45) is 0 Å². The van der Waals surface area contributed by atoms with Gasteiger partial charge in [-0.05, 0) is 17.8 Å². The highest BCUT2D eigenvalue weighted by Gasteiger charge is 1.88. The molecule has 0 saturated carbocycles. The monoisotopic (exact) mass is 258 g/mol. The Labute approximate surface area is 97.6 Å². The average molecular weight is 259 g/mol. The van der Waals surface area contributed by atoms with Crippen LogP contribution >= 0.6 is 15.9 Å². The van der Waals surface area contributed by atoms with Crippen molar-refractivity contribution in [2.45, 2.75) is 58.3 Å². The molecule has 0 aliphatic carbocycles. The maximum Gasteiger partial charge on any atom is -0.0189 e. The molecule has 0 fully saturated rings. The number of hydrogen-bond acceptors (Lipinski definition) is 0. The molecule has 0 unspecified atom stereocenters. The first-order valence-corrected chi connectivity index (χ1v) is 6.75. The van der Waals surface area contributed by atoms with Crippen LogP contribution in [0.15, 0.2) is 23.2 Å². The van der Waals surface area contributed by atoms with Crippen LogP contribution in [-0.4, -0.2) is 0 Å². The first kappa shape index (κ1) is 14.0. The van der Waals surface area contributed by atoms with Gasteiger partial charge >= 0.3 is 0 Å². The van der Waals surface area contributed by atoms with Crippen molar-refractivity contribution in [1.29, 1.82) is 0 Å². The summed E-state index contributed by atoms with van der Waals surface area (Å²) in [6.07, 6.45) is 17.4. The number of halogens is 1. The van der Waals surface area contributed by atoms with Gasteiger partial charge in [0.25, 0.3) is 0 Å². The van der Waals surface area contributed by atoms with Gasteiger partial charge in [-0.25, -0.2) is 0 Å². The van der Waals surface area contributed by atoms with Crippen molar-refractivity contribution in [3.05, 3.63) is 23.2 Å². The fourth-order valence-electron chi connectivity index (χ4n) is 1.44. The molecule has 0 saturated heterocycles. The second kappa shape index (κ2) is 13.0. The highest BCUT2D eigenvalue weighted by Crippen LogP contribution is 2.08. The number of rotatable bonds is 9. The van der Waals surface area contributed by atoms with Gasteiger partial charge in [-0.2, -0.15) is 0 Å². The maximum atomic E-state index is 3.24. The van der Waals surface area contributed by atoms with Gasteiger partial charge < -0.3 is 0 Å². The smallest absolute Gasteiger partial charge is 0.0189 e. The Balaban J connectivity index is 2.98. The van der Waals surface area contributed by atoms with Gasteiger partial charge in [-0.1, -0.05) is 79.6 Å². The summed E-state index contributed by atoms with van der Waals surface area (Å²) in [7, 11) is 0. The molecule has 0 aliphatic rings. The lowest BCUT2D eigenvalue weighted by atomic mass is 10.1. The molecule has 0 bridgehead atoms. The minimum atomic E-state index is 1.23. The van der Waals surface area contributed by atoms with Crippen molar-refractivity contribution in [2.75, 3.05) is 0 Å². The summed E-state index contributed by atoms with van der Waals surface area (Å²) in [5.74, 6) is 0. The van der Waals surface area contributed by atoms with Gasteiger partial charge in [-0.15, -0.1) is 0 Å². The minimum Gasteiger partial charge on any atom is -0.0845 e. The summed E-state index contributed by atoms with van der Waals surface area (Å²) in [6.45, 7) is 2.27. The summed E-state index contributed by atoms with van der Waals surface area (Å²) in [5.41, 5.74) is 0. The van der Waals surface area contributed by atoms with Crippen molar-refractivity contribution >= 4 is 15.9 Å². The average Bonchev–Trinajstić information content (AvgIpc) is 2.21. The van der Waals surface area contributed by atoms with Gasteiger partial charge in [0.2, 0.25) is 0 Å². The molecule has 0 N–H and O–H groups in total. The summed E-state index contributed by atoms with van der Waals surface area (Å²) in [4.78, 5) is 1.88. The third-order valence-corrected chi connectivity index (χ3v) is 2.60. The molecule has 0 aromatic carbocycles. The van der Waals surface area contributed by atoms with E-state index in [1.54, 1.807) is 0 Å². The van der Waals surface area contributed by atoms with E-state index < -0.39 is 0 Å². The highest BCUT2D eigenvalue weighted by atomic mass is 79.9. The van der Waals surface area contributed by atoms with Gasteiger partial charge in [0.15, 0.2) is 0 Å². The molecule has 1 heteroatoms. The molecule has 0 nitrogen and oxygen atoms in total. The molecular weight excluding hydrogens is 236 g/mol. The topological polar surface area (TPSA) is 0 Å². The van der Waals surface area contributed by atoms with E-state index in [4.69, 9.17) is 0 Å². The SMILES string of the molecule is CCCCCCCCCC=CC=CBr. The second-order valence-electron chi connectivity index (χ2n) is 3.66. The first-order valence-electron chi connectivity index (χ1n) is 5.83. The van der Waals surface area contributed by atoms with Crippen LogP contribution < -0.4 is 0 Å². The fourth-order valence-corrected chi connectivity index (χ4v) is 1.61. The number of hydrogen-bond donors (Lipinski definition) is 0. The predicted molar refractivity (Wildman–Crippen MR) is 69.8 cm³/mol. The first-order chi connectivity index (χ1) is 6.91. The standard InChI is InChI=1S/C13H23Br/c1-2-3-4-5-6-7-8-9-10-11-12-13-14/h10-13H,2-9H2,1H3. The molecule has 0 aromatic heterocycles. The molecule has 82 valence electrons. The molecule has 0 aliphatic heterocycles. The molecule has 0 spiro atoms. The quantitative estimate of drug-likeness (QED) is 0.374. The molecule has 0 radical (unpaired) electrons. The summed E-state index contributed by atoms with van der Waals surface area (Å²) < 4.78 is 0. The lowest BCUT2D eigenvalue weighted by Crippen LogP contribution is -1.78. The van der Waals surface area contributed by atoms with E-state index in [0.29, 0.717) is 0 Å². The molecular formula is C13H23Br. The van der Waals surface area contributed by atoms with Gasteiger partial charge in [0, 0.05) is 0 Å². The molecule has 0 amide bonds. The molecule has 0 heterocycles. The van der Waals surface area contributed by atoms with Crippen LogP contribution in [0.4, 0.5) is 0 Å². The van der Waals surface area contributed by atoms with Gasteiger partial charge in [-0.3, -0.25) is 0 Å². The largest absolute Gasteiger partial charge is 0.0845 e. The van der Waals surface area contributed by atoms with Crippen LogP contribution in [0.3, 0.4) is 0 Å². The van der Waals surface area contributed by atoms with Crippen molar-refractivity contribution in [3.8, 4) is 0 Å². The zero-order valence-electron chi connectivity index (χ0n) is 9.34. The fraction of sp³-hybridized carbons (Fsp3) is 0.692. The Morgan fingerprint density at radius 3 is 2.14 bits per heavy atom. The Morgan fingerprint density at radius 1 is 0.857 bits per heavy atom. The lowest BCUT2D eigenvalue weighted by molar-refractivity contribution is 0.592. The van der Waals surface area contributed by atoms with E-state index in [0.717, 1.165) is 0 Å².